The summed E-state index contributed by atoms with van der Waals surface area (Å²) in [7, 11) is 0. The van der Waals surface area contributed by atoms with Gasteiger partial charge in [-0.1, -0.05) is 0 Å². The van der Waals surface area contributed by atoms with Crippen LogP contribution in [0, 0.1) is 0 Å². The highest BCUT2D eigenvalue weighted by atomic mass is 16.4. The van der Waals surface area contributed by atoms with Crippen LogP contribution in [0.15, 0.2) is 35.6 Å². The van der Waals surface area contributed by atoms with Gasteiger partial charge in [0.05, 0.1) is 0 Å². The van der Waals surface area contributed by atoms with E-state index in [-0.39, 0.29) is 12.5 Å². The maximum absolute atomic E-state index is 8.73. The van der Waals surface area contributed by atoms with E-state index in [1.807, 2.05) is 0 Å². The molecule has 0 aliphatic heterocycles. The topological polar surface area (TPSA) is 121 Å². The predicted molar refractivity (Wildman–Crippen MR) is 39.0 cm³/mol. The molecule has 0 unspecified atom stereocenters. The van der Waals surface area contributed by atoms with Crippen LogP contribution in [0.3, 0.4) is 0 Å². The molecule has 68 valence electrons. The van der Waals surface area contributed by atoms with Crippen LogP contribution in [0.5, 0.6) is 0 Å². The number of hydrogen-bond acceptors (Lipinski definition) is 6. The van der Waals surface area contributed by atoms with Crippen LogP contribution in [-0.4, -0.2) is 30.6 Å². The number of hydrogen-bond donors (Lipinski definition) is 6. The molecule has 0 radical (unpaired) electrons. The van der Waals surface area contributed by atoms with Gasteiger partial charge in [0.25, 0.3) is 0 Å². The van der Waals surface area contributed by atoms with E-state index in [0.717, 1.165) is 0 Å². The van der Waals surface area contributed by atoms with Gasteiger partial charge in [-0.3, -0.25) is 0 Å². The van der Waals surface area contributed by atoms with Crippen molar-refractivity contribution in [1.82, 2.24) is 0 Å². The molecule has 0 bridgehead atoms. The van der Waals surface area contributed by atoms with Gasteiger partial charge in [-0.25, -0.2) is 0 Å². The highest BCUT2D eigenvalue weighted by Gasteiger charge is 2.12. The van der Waals surface area contributed by atoms with E-state index in [1.54, 1.807) is 0 Å². The normalized spacial score (nSPS) is 15.7. The summed E-state index contributed by atoms with van der Waals surface area (Å²) >= 11 is 0. The van der Waals surface area contributed by atoms with Gasteiger partial charge in [-0.05, 0) is 0 Å². The first-order chi connectivity index (χ1) is 5.54. The van der Waals surface area contributed by atoms with Crippen molar-refractivity contribution in [2.45, 2.75) is 0 Å². The Bertz CT molecular complexity index is 223. The highest BCUT2D eigenvalue weighted by Crippen LogP contribution is 2.11. The molecule has 0 aliphatic rings. The fourth-order valence-corrected chi connectivity index (χ4v) is 0.365. The first-order valence-corrected chi connectivity index (χ1v) is 2.74. The molecule has 0 saturated heterocycles. The minimum absolute atomic E-state index is 0.107. The Hall–Kier alpha value is -1.98. The second kappa shape index (κ2) is 4.02. The van der Waals surface area contributed by atoms with Gasteiger partial charge >= 0.3 is 0 Å². The molecule has 0 atom stereocenters. The zero-order chi connectivity index (χ0) is 9.72. The zero-order valence-electron chi connectivity index (χ0n) is 5.84. The molecule has 0 fully saturated rings. The van der Waals surface area contributed by atoms with E-state index in [4.69, 9.17) is 30.6 Å². The van der Waals surface area contributed by atoms with Gasteiger partial charge in [0.1, 0.15) is 12.5 Å². The largest absolute Gasteiger partial charge is 0.512 e. The first kappa shape index (κ1) is 10.0. The van der Waals surface area contributed by atoms with Crippen molar-refractivity contribution in [2.75, 3.05) is 0 Å². The molecule has 12 heavy (non-hydrogen) atoms. The van der Waals surface area contributed by atoms with Gasteiger partial charge in [-0.2, -0.15) is 0 Å². The van der Waals surface area contributed by atoms with Crippen LogP contribution in [0.2, 0.25) is 0 Å². The van der Waals surface area contributed by atoms with Crippen molar-refractivity contribution in [3.8, 4) is 0 Å². The first-order valence-electron chi connectivity index (χ1n) is 2.74. The Kier molecular flexibility index (Phi) is 3.35. The van der Waals surface area contributed by atoms with Crippen molar-refractivity contribution >= 4 is 0 Å². The third kappa shape index (κ3) is 2.01. The molecule has 0 amide bonds. The van der Waals surface area contributed by atoms with Crippen molar-refractivity contribution in [1.29, 1.82) is 0 Å². The molecule has 0 aromatic carbocycles. The summed E-state index contributed by atoms with van der Waals surface area (Å²) < 4.78 is 0. The van der Waals surface area contributed by atoms with Crippen LogP contribution in [0.4, 0.5) is 0 Å². The highest BCUT2D eigenvalue weighted by molar-refractivity contribution is 5.28. The predicted octanol–water partition coefficient (Wildman–Crippen LogP) is 1.23. The Morgan fingerprint density at radius 2 is 0.917 bits per heavy atom. The molecule has 6 N–H and O–H groups in total. The summed E-state index contributed by atoms with van der Waals surface area (Å²) in [6, 6.07) is 0. The molecule has 0 heterocycles. The summed E-state index contributed by atoms with van der Waals surface area (Å²) in [5, 5.41) is 50.8. The second-order valence-corrected chi connectivity index (χ2v) is 1.73. The van der Waals surface area contributed by atoms with E-state index < -0.39 is 23.0 Å². The maximum Gasteiger partial charge on any atom is 0.207 e. The maximum atomic E-state index is 8.73. The lowest BCUT2D eigenvalue weighted by Gasteiger charge is -2.00. The van der Waals surface area contributed by atoms with Crippen LogP contribution in [0.1, 0.15) is 0 Å². The third-order valence-electron chi connectivity index (χ3n) is 0.954. The Morgan fingerprint density at radius 3 is 1.08 bits per heavy atom. The zero-order valence-corrected chi connectivity index (χ0v) is 5.84. The van der Waals surface area contributed by atoms with Crippen LogP contribution in [-0.2, 0) is 0 Å². The quantitative estimate of drug-likeness (QED) is 0.278. The summed E-state index contributed by atoms with van der Waals surface area (Å²) in [6.07, 6.45) is 0.215. The van der Waals surface area contributed by atoms with Crippen LogP contribution in [0.25, 0.3) is 0 Å². The minimum atomic E-state index is -1.15. The van der Waals surface area contributed by atoms with Gasteiger partial charge in [0, 0.05) is 0 Å². The van der Waals surface area contributed by atoms with Gasteiger partial charge in [-0.15, -0.1) is 0 Å². The molecule has 0 saturated carbocycles. The van der Waals surface area contributed by atoms with E-state index in [2.05, 4.69) is 0 Å². The van der Waals surface area contributed by atoms with Crippen molar-refractivity contribution in [3.63, 3.8) is 0 Å². The molecule has 0 rings (SSSR count). The van der Waals surface area contributed by atoms with Crippen molar-refractivity contribution < 1.29 is 30.6 Å². The standard InChI is InChI=1S/C6H8O6/c7-1-3(9)5(11)6(12)4(10)2-8/h1-2,7-12H/b3-1-,4-2-,6-5+. The molecule has 6 heteroatoms. The van der Waals surface area contributed by atoms with Crippen LogP contribution >= 0.6 is 0 Å². The Balaban J connectivity index is 4.95. The lowest BCUT2D eigenvalue weighted by molar-refractivity contribution is 0.247. The number of rotatable bonds is 2. The second-order valence-electron chi connectivity index (χ2n) is 1.73. The molecular weight excluding hydrogens is 168 g/mol. The van der Waals surface area contributed by atoms with Crippen molar-refractivity contribution in [3.05, 3.63) is 35.6 Å². The van der Waals surface area contributed by atoms with Gasteiger partial charge < -0.3 is 30.6 Å². The summed E-state index contributed by atoms with van der Waals surface area (Å²) in [4.78, 5) is 0. The fraction of sp³-hybridized carbons (Fsp3) is 0. The third-order valence-corrected chi connectivity index (χ3v) is 0.954. The molecule has 0 spiro atoms. The van der Waals surface area contributed by atoms with E-state index >= 15 is 0 Å². The SMILES string of the molecule is O/C=C(O)/C(O)=C(O)/C(O)=C/O. The lowest BCUT2D eigenvalue weighted by Crippen LogP contribution is -1.97. The molecule has 6 nitrogen and oxygen atoms in total. The lowest BCUT2D eigenvalue weighted by atomic mass is 10.3. The molecule has 0 aliphatic carbocycles. The van der Waals surface area contributed by atoms with Crippen LogP contribution < -0.4 is 0 Å². The smallest absolute Gasteiger partial charge is 0.207 e. The van der Waals surface area contributed by atoms with E-state index in [1.165, 1.54) is 0 Å². The number of aliphatic hydroxyl groups excluding tert-OH is 6. The summed E-state index contributed by atoms with van der Waals surface area (Å²) in [6.45, 7) is 0. The summed E-state index contributed by atoms with van der Waals surface area (Å²) in [5.41, 5.74) is 0. The molecule has 0 aromatic heterocycles. The van der Waals surface area contributed by atoms with Gasteiger partial charge in [0.15, 0.2) is 11.5 Å². The van der Waals surface area contributed by atoms with Crippen molar-refractivity contribution in [2.24, 2.45) is 0 Å². The number of aliphatic hydroxyl groups is 6. The average molecular weight is 176 g/mol. The fourth-order valence-electron chi connectivity index (χ4n) is 0.365. The molecular formula is C6H8O6. The Morgan fingerprint density at radius 1 is 0.667 bits per heavy atom. The Labute approximate surface area is 67.3 Å². The monoisotopic (exact) mass is 176 g/mol. The minimum Gasteiger partial charge on any atom is -0.512 e. The van der Waals surface area contributed by atoms with E-state index in [0.29, 0.717) is 0 Å². The molecule has 0 aromatic rings. The summed E-state index contributed by atoms with van der Waals surface area (Å²) in [5.74, 6) is -4.39. The average Bonchev–Trinajstić information content (AvgIpc) is 2.12. The van der Waals surface area contributed by atoms with Gasteiger partial charge in [0.2, 0.25) is 11.5 Å². The van der Waals surface area contributed by atoms with E-state index in [9.17, 15) is 0 Å².